The quantitative estimate of drug-likeness (QED) is 0.834. The molecule has 1 heterocycles. The van der Waals surface area contributed by atoms with Crippen molar-refractivity contribution in [1.29, 1.82) is 0 Å². The van der Waals surface area contributed by atoms with Gasteiger partial charge < -0.3 is 9.64 Å². The highest BCUT2D eigenvalue weighted by Crippen LogP contribution is 2.22. The summed E-state index contributed by atoms with van der Waals surface area (Å²) in [4.78, 5) is 14.2. The molecule has 104 valence electrons. The SMILES string of the molecule is CC1CCCC(C)N1C(=O)COCc1ccccc1. The summed E-state index contributed by atoms with van der Waals surface area (Å²) < 4.78 is 5.54. The maximum absolute atomic E-state index is 12.2. The fourth-order valence-corrected chi connectivity index (χ4v) is 2.82. The molecule has 1 saturated heterocycles. The summed E-state index contributed by atoms with van der Waals surface area (Å²) >= 11 is 0. The summed E-state index contributed by atoms with van der Waals surface area (Å²) in [5.74, 6) is 0.121. The minimum atomic E-state index is 0.121. The van der Waals surface area contributed by atoms with Gasteiger partial charge in [-0.2, -0.15) is 0 Å². The topological polar surface area (TPSA) is 29.5 Å². The van der Waals surface area contributed by atoms with E-state index in [2.05, 4.69) is 13.8 Å². The number of carbonyl (C=O) groups is 1. The zero-order valence-corrected chi connectivity index (χ0v) is 11.8. The smallest absolute Gasteiger partial charge is 0.249 e. The first-order valence-corrected chi connectivity index (χ1v) is 7.11. The molecule has 3 heteroatoms. The lowest BCUT2D eigenvalue weighted by Gasteiger charge is -2.39. The van der Waals surface area contributed by atoms with E-state index in [9.17, 15) is 4.79 Å². The molecule has 1 aliphatic heterocycles. The second kappa shape index (κ2) is 6.71. The molecule has 1 aromatic carbocycles. The number of ether oxygens (including phenoxy) is 1. The first-order valence-electron chi connectivity index (χ1n) is 7.11. The van der Waals surface area contributed by atoms with Crippen LogP contribution in [0.25, 0.3) is 0 Å². The van der Waals surface area contributed by atoms with Crippen LogP contribution < -0.4 is 0 Å². The molecule has 1 fully saturated rings. The Bertz CT molecular complexity index is 394. The second-order valence-corrected chi connectivity index (χ2v) is 5.41. The van der Waals surface area contributed by atoms with Crippen molar-refractivity contribution in [3.05, 3.63) is 35.9 Å². The molecule has 19 heavy (non-hydrogen) atoms. The standard InChI is InChI=1S/C16H23NO2/c1-13-7-6-8-14(2)17(13)16(18)12-19-11-15-9-4-3-5-10-15/h3-5,9-10,13-14H,6-8,11-12H2,1-2H3. The molecule has 2 atom stereocenters. The fraction of sp³-hybridized carbons (Fsp3) is 0.562. The van der Waals surface area contributed by atoms with Crippen LogP contribution in [0.15, 0.2) is 30.3 Å². The lowest BCUT2D eigenvalue weighted by Crippen LogP contribution is -2.48. The molecule has 1 aromatic rings. The van der Waals surface area contributed by atoms with Crippen molar-refractivity contribution in [3.63, 3.8) is 0 Å². The van der Waals surface area contributed by atoms with Crippen LogP contribution in [0.1, 0.15) is 38.7 Å². The first-order chi connectivity index (χ1) is 9.18. The Hall–Kier alpha value is -1.35. The van der Waals surface area contributed by atoms with Crippen LogP contribution in [-0.4, -0.2) is 29.5 Å². The van der Waals surface area contributed by atoms with E-state index in [1.807, 2.05) is 35.2 Å². The Labute approximate surface area is 115 Å². The molecule has 0 aliphatic carbocycles. The summed E-state index contributed by atoms with van der Waals surface area (Å²) in [5, 5.41) is 0. The van der Waals surface area contributed by atoms with Crippen molar-refractivity contribution < 1.29 is 9.53 Å². The minimum absolute atomic E-state index is 0.121. The number of benzene rings is 1. The molecular formula is C16H23NO2. The number of nitrogens with zero attached hydrogens (tertiary/aromatic N) is 1. The molecule has 3 nitrogen and oxygen atoms in total. The van der Waals surface area contributed by atoms with Gasteiger partial charge in [-0.3, -0.25) is 4.79 Å². The zero-order chi connectivity index (χ0) is 13.7. The summed E-state index contributed by atoms with van der Waals surface area (Å²) in [6.45, 7) is 4.95. The van der Waals surface area contributed by atoms with Crippen LogP contribution in [0.5, 0.6) is 0 Å². The van der Waals surface area contributed by atoms with Gasteiger partial charge in [-0.25, -0.2) is 0 Å². The van der Waals surface area contributed by atoms with E-state index in [-0.39, 0.29) is 12.5 Å². The second-order valence-electron chi connectivity index (χ2n) is 5.41. The first kappa shape index (κ1) is 14.1. The summed E-state index contributed by atoms with van der Waals surface area (Å²) in [6, 6.07) is 10.6. The average molecular weight is 261 g/mol. The predicted octanol–water partition coefficient (Wildman–Crippen LogP) is 2.99. The van der Waals surface area contributed by atoms with Crippen LogP contribution in [-0.2, 0) is 16.1 Å². The number of carbonyl (C=O) groups excluding carboxylic acids is 1. The monoisotopic (exact) mass is 261 g/mol. The Kier molecular flexibility index (Phi) is 4.97. The number of rotatable bonds is 4. The van der Waals surface area contributed by atoms with Crippen LogP contribution in [0, 0.1) is 0 Å². The van der Waals surface area contributed by atoms with E-state index < -0.39 is 0 Å². The maximum atomic E-state index is 12.2. The van der Waals surface area contributed by atoms with Gasteiger partial charge in [-0.05, 0) is 38.7 Å². The number of piperidine rings is 1. The van der Waals surface area contributed by atoms with Crippen molar-refractivity contribution in [1.82, 2.24) is 4.90 Å². The Morgan fingerprint density at radius 3 is 2.47 bits per heavy atom. The molecule has 0 N–H and O–H groups in total. The van der Waals surface area contributed by atoms with Gasteiger partial charge in [0.05, 0.1) is 6.61 Å². The number of amides is 1. The fourth-order valence-electron chi connectivity index (χ4n) is 2.82. The van der Waals surface area contributed by atoms with Crippen molar-refractivity contribution in [3.8, 4) is 0 Å². The molecule has 0 spiro atoms. The van der Waals surface area contributed by atoms with Crippen molar-refractivity contribution in [2.45, 2.75) is 51.8 Å². The largest absolute Gasteiger partial charge is 0.367 e. The third kappa shape index (κ3) is 3.80. The van der Waals surface area contributed by atoms with Gasteiger partial charge >= 0.3 is 0 Å². The molecule has 2 unspecified atom stereocenters. The van der Waals surface area contributed by atoms with E-state index in [1.54, 1.807) is 0 Å². The minimum Gasteiger partial charge on any atom is -0.367 e. The van der Waals surface area contributed by atoms with Gasteiger partial charge in [0.1, 0.15) is 6.61 Å². The molecular weight excluding hydrogens is 238 g/mol. The van der Waals surface area contributed by atoms with E-state index in [4.69, 9.17) is 4.74 Å². The molecule has 0 saturated carbocycles. The van der Waals surface area contributed by atoms with E-state index in [1.165, 1.54) is 6.42 Å². The maximum Gasteiger partial charge on any atom is 0.249 e. The highest BCUT2D eigenvalue weighted by molar-refractivity contribution is 5.78. The number of hydrogen-bond donors (Lipinski definition) is 0. The summed E-state index contributed by atoms with van der Waals surface area (Å²) in [7, 11) is 0. The molecule has 0 aromatic heterocycles. The third-order valence-corrected chi connectivity index (χ3v) is 3.82. The van der Waals surface area contributed by atoms with Gasteiger partial charge in [0.2, 0.25) is 5.91 Å². The van der Waals surface area contributed by atoms with Crippen LogP contribution in [0.2, 0.25) is 0 Å². The van der Waals surface area contributed by atoms with Gasteiger partial charge in [0.15, 0.2) is 0 Å². The van der Waals surface area contributed by atoms with Crippen molar-refractivity contribution in [2.24, 2.45) is 0 Å². The number of likely N-dealkylation sites (tertiary alicyclic amines) is 1. The Morgan fingerprint density at radius 2 is 1.84 bits per heavy atom. The molecule has 1 aliphatic rings. The Balaban J connectivity index is 1.80. The molecule has 0 radical (unpaired) electrons. The zero-order valence-electron chi connectivity index (χ0n) is 11.8. The normalized spacial score (nSPS) is 23.4. The Morgan fingerprint density at radius 1 is 1.21 bits per heavy atom. The van der Waals surface area contributed by atoms with Gasteiger partial charge in [-0.1, -0.05) is 30.3 Å². The lowest BCUT2D eigenvalue weighted by atomic mass is 9.97. The average Bonchev–Trinajstić information content (AvgIpc) is 2.40. The van der Waals surface area contributed by atoms with Crippen molar-refractivity contribution in [2.75, 3.05) is 6.61 Å². The summed E-state index contributed by atoms with van der Waals surface area (Å²) in [6.07, 6.45) is 3.43. The molecule has 1 amide bonds. The van der Waals surface area contributed by atoms with Gasteiger partial charge in [-0.15, -0.1) is 0 Å². The molecule has 0 bridgehead atoms. The number of hydrogen-bond acceptors (Lipinski definition) is 2. The van der Waals surface area contributed by atoms with Gasteiger partial charge in [0.25, 0.3) is 0 Å². The lowest BCUT2D eigenvalue weighted by molar-refractivity contribution is -0.142. The van der Waals surface area contributed by atoms with Crippen molar-refractivity contribution >= 4 is 5.91 Å². The van der Waals surface area contributed by atoms with E-state index in [0.29, 0.717) is 18.7 Å². The van der Waals surface area contributed by atoms with E-state index in [0.717, 1.165) is 18.4 Å². The third-order valence-electron chi connectivity index (χ3n) is 3.82. The van der Waals surface area contributed by atoms with Crippen LogP contribution >= 0.6 is 0 Å². The van der Waals surface area contributed by atoms with Crippen LogP contribution in [0.4, 0.5) is 0 Å². The summed E-state index contributed by atoms with van der Waals surface area (Å²) in [5.41, 5.74) is 1.11. The van der Waals surface area contributed by atoms with Crippen LogP contribution in [0.3, 0.4) is 0 Å². The highest BCUT2D eigenvalue weighted by atomic mass is 16.5. The van der Waals surface area contributed by atoms with E-state index >= 15 is 0 Å². The van der Waals surface area contributed by atoms with Gasteiger partial charge in [0, 0.05) is 12.1 Å². The highest BCUT2D eigenvalue weighted by Gasteiger charge is 2.28. The molecule has 2 rings (SSSR count). The predicted molar refractivity (Wildman–Crippen MR) is 75.7 cm³/mol.